The summed E-state index contributed by atoms with van der Waals surface area (Å²) in [4.78, 5) is 20.5. The largest absolute Gasteiger partial charge is 0.366 e. The minimum absolute atomic E-state index is 0.0853. The molecule has 2 aromatic carbocycles. The summed E-state index contributed by atoms with van der Waals surface area (Å²) >= 11 is 0. The lowest BCUT2D eigenvalue weighted by Crippen LogP contribution is -2.54. The number of nitrogens with zero attached hydrogens (tertiary/aromatic N) is 2. The lowest BCUT2D eigenvalue weighted by atomic mass is 9.88. The molecule has 2 heterocycles. The molecule has 2 N–H and O–H groups in total. The molecule has 5 nitrogen and oxygen atoms in total. The van der Waals surface area contributed by atoms with Gasteiger partial charge >= 0.3 is 6.03 Å². The molecule has 0 bridgehead atoms. The van der Waals surface area contributed by atoms with E-state index in [0.717, 1.165) is 45.4 Å². The van der Waals surface area contributed by atoms with Crippen molar-refractivity contribution in [3.05, 3.63) is 65.9 Å². The minimum atomic E-state index is 0.0853. The molecule has 1 saturated heterocycles. The maximum atomic E-state index is 12.8. The van der Waals surface area contributed by atoms with Crippen LogP contribution in [-0.2, 0) is 12.8 Å². The first-order valence-electron chi connectivity index (χ1n) is 10.2. The predicted octanol–water partition coefficient (Wildman–Crippen LogP) is 3.56. The van der Waals surface area contributed by atoms with Gasteiger partial charge < -0.3 is 20.1 Å². The van der Waals surface area contributed by atoms with Crippen LogP contribution in [0.3, 0.4) is 0 Å². The Balaban J connectivity index is 1.19. The number of anilines is 1. The Bertz CT molecular complexity index is 987. The average Bonchev–Trinajstić information content (AvgIpc) is 3.23. The molecule has 28 heavy (non-hydrogen) atoms. The van der Waals surface area contributed by atoms with Crippen molar-refractivity contribution in [1.29, 1.82) is 0 Å². The Kier molecular flexibility index (Phi) is 4.43. The van der Waals surface area contributed by atoms with E-state index in [-0.39, 0.29) is 12.1 Å². The second-order valence-corrected chi connectivity index (χ2v) is 7.85. The van der Waals surface area contributed by atoms with E-state index in [1.807, 2.05) is 11.1 Å². The van der Waals surface area contributed by atoms with Gasteiger partial charge in [-0.25, -0.2) is 4.79 Å². The van der Waals surface area contributed by atoms with E-state index in [4.69, 9.17) is 0 Å². The van der Waals surface area contributed by atoms with Gasteiger partial charge in [0.2, 0.25) is 0 Å². The number of nitrogens with one attached hydrogen (secondary N) is 2. The lowest BCUT2D eigenvalue weighted by Gasteiger charge is -2.37. The molecule has 5 heteroatoms. The van der Waals surface area contributed by atoms with Crippen LogP contribution in [0.2, 0.25) is 0 Å². The van der Waals surface area contributed by atoms with E-state index in [2.05, 4.69) is 63.7 Å². The number of aromatic amines is 1. The standard InChI is InChI=1S/C23H26N4O/c28-23(25-20-9-8-17-4-1-2-5-19(17)16-20)27-14-12-26(13-15-27)21-7-3-6-18-10-11-24-22(18)21/h1-7,10-11,20,24H,8-9,12-16H2,(H,25,28). The number of amides is 2. The quantitative estimate of drug-likeness (QED) is 0.721. The zero-order chi connectivity index (χ0) is 18.9. The van der Waals surface area contributed by atoms with Crippen LogP contribution in [0.4, 0.5) is 10.5 Å². The van der Waals surface area contributed by atoms with Crippen LogP contribution in [0.15, 0.2) is 54.7 Å². The van der Waals surface area contributed by atoms with Crippen molar-refractivity contribution in [1.82, 2.24) is 15.2 Å². The molecule has 0 radical (unpaired) electrons. The minimum Gasteiger partial charge on any atom is -0.366 e. The molecule has 1 aromatic heterocycles. The number of piperazine rings is 1. The third-order valence-electron chi connectivity index (χ3n) is 6.15. The first kappa shape index (κ1) is 17.2. The highest BCUT2D eigenvalue weighted by Crippen LogP contribution is 2.26. The maximum absolute atomic E-state index is 12.8. The molecule has 1 unspecified atom stereocenters. The second kappa shape index (κ2) is 7.23. The highest BCUT2D eigenvalue weighted by molar-refractivity contribution is 5.91. The van der Waals surface area contributed by atoms with Crippen molar-refractivity contribution >= 4 is 22.6 Å². The smallest absolute Gasteiger partial charge is 0.317 e. The summed E-state index contributed by atoms with van der Waals surface area (Å²) < 4.78 is 0. The van der Waals surface area contributed by atoms with Gasteiger partial charge in [-0.15, -0.1) is 0 Å². The number of hydrogen-bond donors (Lipinski definition) is 2. The molecular weight excluding hydrogens is 348 g/mol. The molecule has 5 rings (SSSR count). The molecule has 3 aromatic rings. The fraction of sp³-hybridized carbons (Fsp3) is 0.348. The van der Waals surface area contributed by atoms with Gasteiger partial charge in [0.25, 0.3) is 0 Å². The summed E-state index contributed by atoms with van der Waals surface area (Å²) in [5, 5.41) is 4.50. The van der Waals surface area contributed by atoms with Crippen molar-refractivity contribution < 1.29 is 4.79 Å². The monoisotopic (exact) mass is 374 g/mol. The molecule has 0 spiro atoms. The van der Waals surface area contributed by atoms with E-state index < -0.39 is 0 Å². The van der Waals surface area contributed by atoms with Crippen LogP contribution in [0, 0.1) is 0 Å². The molecule has 2 aliphatic rings. The summed E-state index contributed by atoms with van der Waals surface area (Å²) in [6.07, 6.45) is 5.00. The number of rotatable bonds is 2. The summed E-state index contributed by atoms with van der Waals surface area (Å²) in [6, 6.07) is 17.4. The number of hydrogen-bond acceptors (Lipinski definition) is 2. The molecule has 1 aliphatic carbocycles. The molecule has 1 fully saturated rings. The van der Waals surface area contributed by atoms with E-state index >= 15 is 0 Å². The van der Waals surface area contributed by atoms with E-state index in [0.29, 0.717) is 0 Å². The van der Waals surface area contributed by atoms with Crippen LogP contribution >= 0.6 is 0 Å². The van der Waals surface area contributed by atoms with Crippen LogP contribution < -0.4 is 10.2 Å². The number of benzene rings is 2. The third kappa shape index (κ3) is 3.21. The molecule has 1 atom stereocenters. The van der Waals surface area contributed by atoms with Crippen molar-refractivity contribution in [3.8, 4) is 0 Å². The highest BCUT2D eigenvalue weighted by Gasteiger charge is 2.25. The van der Waals surface area contributed by atoms with E-state index in [9.17, 15) is 4.79 Å². The number of urea groups is 1. The number of H-pyrrole nitrogens is 1. The first-order chi connectivity index (χ1) is 13.8. The number of carbonyl (C=O) groups excluding carboxylic acids is 1. The van der Waals surface area contributed by atoms with Gasteiger partial charge in [0, 0.05) is 43.8 Å². The fourth-order valence-corrected chi connectivity index (χ4v) is 4.57. The van der Waals surface area contributed by atoms with Gasteiger partial charge in [-0.1, -0.05) is 36.4 Å². The molecule has 144 valence electrons. The van der Waals surface area contributed by atoms with Crippen LogP contribution in [0.1, 0.15) is 17.5 Å². The molecule has 1 aliphatic heterocycles. The number of fused-ring (bicyclic) bond motifs is 2. The summed E-state index contributed by atoms with van der Waals surface area (Å²) in [6.45, 7) is 3.23. The van der Waals surface area contributed by atoms with Gasteiger partial charge in [-0.3, -0.25) is 0 Å². The lowest BCUT2D eigenvalue weighted by molar-refractivity contribution is 0.189. The fourth-order valence-electron chi connectivity index (χ4n) is 4.57. The summed E-state index contributed by atoms with van der Waals surface area (Å²) in [5.41, 5.74) is 5.22. The summed E-state index contributed by atoms with van der Waals surface area (Å²) in [5.74, 6) is 0. The predicted molar refractivity (Wildman–Crippen MR) is 113 cm³/mol. The average molecular weight is 374 g/mol. The van der Waals surface area contributed by atoms with Gasteiger partial charge in [0.1, 0.15) is 0 Å². The van der Waals surface area contributed by atoms with Gasteiger partial charge in [0.15, 0.2) is 0 Å². The Hall–Kier alpha value is -2.95. The van der Waals surface area contributed by atoms with Crippen LogP contribution in [0.5, 0.6) is 0 Å². The van der Waals surface area contributed by atoms with Crippen molar-refractivity contribution in [2.45, 2.75) is 25.3 Å². The zero-order valence-electron chi connectivity index (χ0n) is 16.0. The Morgan fingerprint density at radius 1 is 0.964 bits per heavy atom. The Labute approximate surface area is 165 Å². The van der Waals surface area contributed by atoms with Crippen LogP contribution in [-0.4, -0.2) is 48.1 Å². The van der Waals surface area contributed by atoms with Crippen LogP contribution in [0.25, 0.3) is 10.9 Å². The maximum Gasteiger partial charge on any atom is 0.317 e. The van der Waals surface area contributed by atoms with Crippen molar-refractivity contribution in [2.75, 3.05) is 31.1 Å². The number of carbonyl (C=O) groups is 1. The van der Waals surface area contributed by atoms with Gasteiger partial charge in [0.05, 0.1) is 11.2 Å². The second-order valence-electron chi connectivity index (χ2n) is 7.85. The number of aryl methyl sites for hydroxylation is 1. The first-order valence-corrected chi connectivity index (χ1v) is 10.2. The normalized spacial score (nSPS) is 19.5. The molecular formula is C23H26N4O. The highest BCUT2D eigenvalue weighted by atomic mass is 16.2. The van der Waals surface area contributed by atoms with Gasteiger partial charge in [-0.2, -0.15) is 0 Å². The number of aromatic nitrogens is 1. The molecule has 0 saturated carbocycles. The number of para-hydroxylation sites is 1. The van der Waals surface area contributed by atoms with Crippen molar-refractivity contribution in [2.24, 2.45) is 0 Å². The third-order valence-corrected chi connectivity index (χ3v) is 6.15. The SMILES string of the molecule is O=C(NC1CCc2ccccc2C1)N1CCN(c2cccc3cc[nH]c23)CC1. The zero-order valence-corrected chi connectivity index (χ0v) is 16.0. The summed E-state index contributed by atoms with van der Waals surface area (Å²) in [7, 11) is 0. The van der Waals surface area contributed by atoms with E-state index in [1.165, 1.54) is 27.7 Å². The Morgan fingerprint density at radius 2 is 1.79 bits per heavy atom. The Morgan fingerprint density at radius 3 is 2.64 bits per heavy atom. The van der Waals surface area contributed by atoms with Gasteiger partial charge in [-0.05, 0) is 42.5 Å². The van der Waals surface area contributed by atoms with Crippen molar-refractivity contribution in [3.63, 3.8) is 0 Å². The molecule has 2 amide bonds. The van der Waals surface area contributed by atoms with E-state index in [1.54, 1.807) is 0 Å². The topological polar surface area (TPSA) is 51.4 Å².